The molecule has 2 aromatic rings. The minimum atomic E-state index is 0.00672. The average Bonchev–Trinajstić information content (AvgIpc) is 2.94. The Bertz CT molecular complexity index is 559. The first kappa shape index (κ1) is 15.3. The Morgan fingerprint density at radius 1 is 1.40 bits per heavy atom. The molecule has 0 spiro atoms. The predicted octanol–water partition coefficient (Wildman–Crippen LogP) is 3.23. The highest BCUT2D eigenvalue weighted by Gasteiger charge is 2.11. The van der Waals surface area contributed by atoms with Crippen molar-refractivity contribution in [2.75, 3.05) is 12.0 Å². The summed E-state index contributed by atoms with van der Waals surface area (Å²) in [7, 11) is 0. The number of hydrogen-bond acceptors (Lipinski definition) is 6. The van der Waals surface area contributed by atoms with Crippen LogP contribution in [0.4, 0.5) is 0 Å². The summed E-state index contributed by atoms with van der Waals surface area (Å²) >= 11 is 4.26. The summed E-state index contributed by atoms with van der Waals surface area (Å²) in [5.74, 6) is 0.368. The molecule has 1 atom stereocenters. The highest BCUT2D eigenvalue weighted by Crippen LogP contribution is 2.23. The quantitative estimate of drug-likeness (QED) is 0.826. The summed E-state index contributed by atoms with van der Waals surface area (Å²) in [6.45, 7) is 1.98. The largest absolute Gasteiger partial charge is 0.349 e. The smallest absolute Gasteiger partial charge is 0.230 e. The lowest BCUT2D eigenvalue weighted by atomic mass is 10.1. The zero-order valence-corrected chi connectivity index (χ0v) is 13.6. The Labute approximate surface area is 130 Å². The van der Waals surface area contributed by atoms with E-state index in [2.05, 4.69) is 14.7 Å². The summed E-state index contributed by atoms with van der Waals surface area (Å²) in [4.78, 5) is 16.2. The maximum atomic E-state index is 11.9. The maximum absolute atomic E-state index is 11.9. The van der Waals surface area contributed by atoms with Crippen LogP contribution in [-0.2, 0) is 4.79 Å². The zero-order chi connectivity index (χ0) is 14.4. The van der Waals surface area contributed by atoms with Crippen LogP contribution in [0.15, 0.2) is 39.8 Å². The van der Waals surface area contributed by atoms with Gasteiger partial charge in [-0.1, -0.05) is 53.9 Å². The number of carbonyl (C=O) groups excluding carboxylic acids is 1. The van der Waals surface area contributed by atoms with Crippen LogP contribution < -0.4 is 5.32 Å². The maximum Gasteiger partial charge on any atom is 0.230 e. The lowest BCUT2D eigenvalue weighted by molar-refractivity contribution is -0.119. The van der Waals surface area contributed by atoms with E-state index in [1.54, 1.807) is 0 Å². The highest BCUT2D eigenvalue weighted by atomic mass is 32.2. The molecule has 0 fully saturated rings. The molecule has 0 radical (unpaired) electrons. The van der Waals surface area contributed by atoms with Crippen LogP contribution in [0.5, 0.6) is 0 Å². The third-order valence-electron chi connectivity index (χ3n) is 2.58. The topological polar surface area (TPSA) is 54.9 Å². The third kappa shape index (κ3) is 4.50. The Hall–Kier alpha value is -1.05. The van der Waals surface area contributed by atoms with Gasteiger partial charge in [0.05, 0.1) is 11.8 Å². The van der Waals surface area contributed by atoms with Crippen LogP contribution in [0, 0.1) is 0 Å². The lowest BCUT2D eigenvalue weighted by Crippen LogP contribution is -2.28. The molecular formula is C13H15N3OS3. The van der Waals surface area contributed by atoms with Crippen LogP contribution in [0.2, 0.25) is 0 Å². The molecule has 0 aliphatic heterocycles. The fraction of sp³-hybridized carbons (Fsp3) is 0.308. The number of aromatic nitrogens is 2. The first-order chi connectivity index (χ1) is 9.69. The molecule has 106 valence electrons. The van der Waals surface area contributed by atoms with E-state index in [1.165, 1.54) is 35.1 Å². The second-order valence-corrected chi connectivity index (χ2v) is 6.78. The fourth-order valence-corrected chi connectivity index (χ4v) is 3.59. The monoisotopic (exact) mass is 325 g/mol. The Morgan fingerprint density at radius 3 is 2.80 bits per heavy atom. The first-order valence-electron chi connectivity index (χ1n) is 6.04. The summed E-state index contributed by atoms with van der Waals surface area (Å²) in [5, 5.41) is 3.74. The molecule has 1 amide bonds. The number of hydrogen-bond donors (Lipinski definition) is 1. The van der Waals surface area contributed by atoms with Gasteiger partial charge in [0.1, 0.15) is 0 Å². The van der Waals surface area contributed by atoms with Gasteiger partial charge in [-0.3, -0.25) is 4.79 Å². The second kappa shape index (κ2) is 7.66. The van der Waals surface area contributed by atoms with Crippen molar-refractivity contribution in [3.8, 4) is 0 Å². The molecule has 0 saturated heterocycles. The number of nitrogens with zero attached hydrogens (tertiary/aromatic N) is 2. The molecule has 1 heterocycles. The number of benzene rings is 1. The molecule has 0 aliphatic carbocycles. The van der Waals surface area contributed by atoms with Gasteiger partial charge in [0.15, 0.2) is 4.34 Å². The minimum Gasteiger partial charge on any atom is -0.349 e. The van der Waals surface area contributed by atoms with Gasteiger partial charge in [0.2, 0.25) is 11.1 Å². The van der Waals surface area contributed by atoms with Crippen molar-refractivity contribution in [2.45, 2.75) is 22.5 Å². The van der Waals surface area contributed by atoms with E-state index in [-0.39, 0.29) is 11.9 Å². The molecule has 1 aromatic carbocycles. The second-order valence-electron chi connectivity index (χ2n) is 4.04. The van der Waals surface area contributed by atoms with E-state index in [9.17, 15) is 4.79 Å². The molecule has 0 bridgehead atoms. The van der Waals surface area contributed by atoms with Crippen LogP contribution in [0.3, 0.4) is 0 Å². The van der Waals surface area contributed by atoms with E-state index in [0.717, 1.165) is 15.1 Å². The van der Waals surface area contributed by atoms with Crippen molar-refractivity contribution in [3.63, 3.8) is 0 Å². The summed E-state index contributed by atoms with van der Waals surface area (Å²) in [5.41, 5.74) is 1.10. The van der Waals surface area contributed by atoms with Gasteiger partial charge in [0, 0.05) is 0 Å². The van der Waals surface area contributed by atoms with Crippen LogP contribution in [0.25, 0.3) is 0 Å². The molecule has 1 N–H and O–H groups in total. The SMILES string of the molecule is CSc1nsc(SCC(=O)N[C@H](C)c2ccccc2)n1. The normalized spacial score (nSPS) is 12.1. The van der Waals surface area contributed by atoms with Gasteiger partial charge in [-0.15, -0.1) is 0 Å². The van der Waals surface area contributed by atoms with Crippen molar-refractivity contribution in [1.29, 1.82) is 0 Å². The van der Waals surface area contributed by atoms with Gasteiger partial charge in [0.25, 0.3) is 0 Å². The number of carbonyl (C=O) groups is 1. The number of amides is 1. The Balaban J connectivity index is 1.80. The van der Waals surface area contributed by atoms with Crippen molar-refractivity contribution in [3.05, 3.63) is 35.9 Å². The number of thioether (sulfide) groups is 2. The van der Waals surface area contributed by atoms with Crippen molar-refractivity contribution < 1.29 is 4.79 Å². The van der Waals surface area contributed by atoms with E-state index < -0.39 is 0 Å². The van der Waals surface area contributed by atoms with E-state index in [1.807, 2.05) is 43.5 Å². The molecular weight excluding hydrogens is 310 g/mol. The minimum absolute atomic E-state index is 0.00672. The molecule has 0 unspecified atom stereocenters. The predicted molar refractivity (Wildman–Crippen MR) is 85.4 cm³/mol. The van der Waals surface area contributed by atoms with E-state index >= 15 is 0 Å². The first-order valence-corrected chi connectivity index (χ1v) is 9.02. The fourth-order valence-electron chi connectivity index (χ4n) is 1.57. The number of nitrogens with one attached hydrogen (secondary N) is 1. The standard InChI is InChI=1S/C13H15N3OS3/c1-9(10-6-4-3-5-7-10)14-11(17)8-19-13-15-12(18-2)16-20-13/h3-7,9H,8H2,1-2H3,(H,14,17)/t9-/m1/s1. The van der Waals surface area contributed by atoms with Gasteiger partial charge in [-0.25, -0.2) is 4.98 Å². The molecule has 0 aliphatic rings. The van der Waals surface area contributed by atoms with Crippen molar-refractivity contribution in [2.24, 2.45) is 0 Å². The lowest BCUT2D eigenvalue weighted by Gasteiger charge is -2.13. The third-order valence-corrected chi connectivity index (χ3v) is 5.07. The van der Waals surface area contributed by atoms with E-state index in [0.29, 0.717) is 5.75 Å². The van der Waals surface area contributed by atoms with Crippen molar-refractivity contribution >= 4 is 41.0 Å². The van der Waals surface area contributed by atoms with Crippen LogP contribution in [-0.4, -0.2) is 27.3 Å². The zero-order valence-electron chi connectivity index (χ0n) is 11.2. The summed E-state index contributed by atoms with van der Waals surface area (Å²) in [6, 6.07) is 9.93. The average molecular weight is 325 g/mol. The summed E-state index contributed by atoms with van der Waals surface area (Å²) in [6.07, 6.45) is 1.94. The Morgan fingerprint density at radius 2 is 2.15 bits per heavy atom. The van der Waals surface area contributed by atoms with Gasteiger partial charge < -0.3 is 5.32 Å². The molecule has 0 saturated carbocycles. The molecule has 2 rings (SSSR count). The van der Waals surface area contributed by atoms with Crippen LogP contribution in [0.1, 0.15) is 18.5 Å². The molecule has 7 heteroatoms. The van der Waals surface area contributed by atoms with Gasteiger partial charge >= 0.3 is 0 Å². The number of rotatable bonds is 6. The highest BCUT2D eigenvalue weighted by molar-refractivity contribution is 8.01. The van der Waals surface area contributed by atoms with Crippen LogP contribution >= 0.6 is 35.1 Å². The molecule has 1 aromatic heterocycles. The molecule has 4 nitrogen and oxygen atoms in total. The van der Waals surface area contributed by atoms with Gasteiger partial charge in [-0.05, 0) is 30.3 Å². The van der Waals surface area contributed by atoms with Gasteiger partial charge in [-0.2, -0.15) is 4.37 Å². The molecule has 20 heavy (non-hydrogen) atoms. The summed E-state index contributed by atoms with van der Waals surface area (Å²) < 4.78 is 4.99. The Kier molecular flexibility index (Phi) is 5.87. The van der Waals surface area contributed by atoms with E-state index in [4.69, 9.17) is 0 Å². The van der Waals surface area contributed by atoms with Crippen molar-refractivity contribution in [1.82, 2.24) is 14.7 Å².